The van der Waals surface area contributed by atoms with Crippen molar-refractivity contribution in [2.45, 2.75) is 53.1 Å². The van der Waals surface area contributed by atoms with Crippen molar-refractivity contribution in [3.63, 3.8) is 0 Å². The highest BCUT2D eigenvalue weighted by Crippen LogP contribution is 2.50. The molecule has 0 spiro atoms. The lowest BCUT2D eigenvalue weighted by Gasteiger charge is -2.26. The number of carbonyl (C=O) groups is 2. The zero-order valence-electron chi connectivity index (χ0n) is 12.4. The number of Topliss-reactive ketones (excluding diaryl/α,β-unsaturated/α-hetero) is 1. The molecule has 2 aliphatic rings. The maximum absolute atomic E-state index is 12.0. The molecular formula is C16H22O3. The normalized spacial score (nSPS) is 32.3. The second-order valence-electron chi connectivity index (χ2n) is 7.35. The quantitative estimate of drug-likeness (QED) is 0.436. The molecule has 0 N–H and O–H groups in total. The number of carbonyl (C=O) groups excluding carboxylic acids is 2. The summed E-state index contributed by atoms with van der Waals surface area (Å²) in [6.07, 6.45) is 1.52. The summed E-state index contributed by atoms with van der Waals surface area (Å²) in [5, 5.41) is 0. The van der Waals surface area contributed by atoms with E-state index < -0.39 is 5.60 Å². The molecule has 0 bridgehead atoms. The highest BCUT2D eigenvalue weighted by molar-refractivity contribution is 5.99. The number of hydrogen-bond acceptors (Lipinski definition) is 3. The topological polar surface area (TPSA) is 43.4 Å². The zero-order valence-corrected chi connectivity index (χ0v) is 12.4. The van der Waals surface area contributed by atoms with Gasteiger partial charge in [-0.15, -0.1) is 0 Å². The van der Waals surface area contributed by atoms with Gasteiger partial charge in [0, 0.05) is 11.3 Å². The summed E-state index contributed by atoms with van der Waals surface area (Å²) in [4.78, 5) is 23.9. The minimum Gasteiger partial charge on any atom is -0.460 e. The third-order valence-corrected chi connectivity index (χ3v) is 3.66. The van der Waals surface area contributed by atoms with Gasteiger partial charge in [-0.2, -0.15) is 0 Å². The van der Waals surface area contributed by atoms with Crippen LogP contribution >= 0.6 is 0 Å². The molecule has 0 aromatic rings. The van der Waals surface area contributed by atoms with Gasteiger partial charge < -0.3 is 4.74 Å². The first-order valence-corrected chi connectivity index (χ1v) is 6.89. The van der Waals surface area contributed by atoms with Crippen LogP contribution in [-0.4, -0.2) is 17.4 Å². The molecule has 19 heavy (non-hydrogen) atoms. The summed E-state index contributed by atoms with van der Waals surface area (Å²) in [5.74, 6) is 5.47. The summed E-state index contributed by atoms with van der Waals surface area (Å²) in [6, 6.07) is 0. The first-order valence-electron chi connectivity index (χ1n) is 6.89. The van der Waals surface area contributed by atoms with Crippen LogP contribution in [0.1, 0.15) is 47.5 Å². The average molecular weight is 262 g/mol. The molecular weight excluding hydrogens is 240 g/mol. The van der Waals surface area contributed by atoms with Crippen LogP contribution in [0, 0.1) is 35.0 Å². The van der Waals surface area contributed by atoms with E-state index in [0.717, 1.165) is 12.8 Å². The smallest absolute Gasteiger partial charge is 0.309 e. The maximum Gasteiger partial charge on any atom is 0.309 e. The molecule has 0 aromatic carbocycles. The van der Waals surface area contributed by atoms with Crippen molar-refractivity contribution < 1.29 is 14.3 Å². The second-order valence-corrected chi connectivity index (χ2v) is 7.35. The van der Waals surface area contributed by atoms with Gasteiger partial charge >= 0.3 is 5.97 Å². The van der Waals surface area contributed by atoms with Crippen LogP contribution in [-0.2, 0) is 14.3 Å². The maximum atomic E-state index is 12.0. The first kappa shape index (κ1) is 14.1. The zero-order chi connectivity index (χ0) is 14.4. The lowest BCUT2D eigenvalue weighted by Crippen LogP contribution is -2.30. The monoisotopic (exact) mass is 262 g/mol. The molecule has 2 rings (SSSR count). The fraction of sp³-hybridized carbons (Fsp3) is 0.750. The van der Waals surface area contributed by atoms with E-state index in [1.54, 1.807) is 0 Å². The van der Waals surface area contributed by atoms with Crippen molar-refractivity contribution in [3.8, 4) is 11.8 Å². The van der Waals surface area contributed by atoms with E-state index in [1.165, 1.54) is 0 Å². The second kappa shape index (κ2) is 4.37. The van der Waals surface area contributed by atoms with Crippen molar-refractivity contribution in [2.75, 3.05) is 0 Å². The van der Waals surface area contributed by atoms with Gasteiger partial charge in [-0.1, -0.05) is 5.92 Å². The molecule has 0 heterocycles. The summed E-state index contributed by atoms with van der Waals surface area (Å²) < 4.78 is 5.38. The van der Waals surface area contributed by atoms with Crippen LogP contribution in [0.15, 0.2) is 0 Å². The van der Waals surface area contributed by atoms with Crippen molar-refractivity contribution in [2.24, 2.45) is 23.2 Å². The van der Waals surface area contributed by atoms with Crippen molar-refractivity contribution in [3.05, 3.63) is 0 Å². The Balaban J connectivity index is 1.99. The third kappa shape index (κ3) is 3.37. The Labute approximate surface area is 115 Å². The average Bonchev–Trinajstić information content (AvgIpc) is 2.99. The predicted octanol–water partition coefficient (Wildman–Crippen LogP) is 2.58. The Bertz CT molecular complexity index is 470. The Morgan fingerprint density at radius 1 is 1.37 bits per heavy atom. The third-order valence-electron chi connectivity index (χ3n) is 3.66. The van der Waals surface area contributed by atoms with E-state index >= 15 is 0 Å². The van der Waals surface area contributed by atoms with Crippen LogP contribution in [0.25, 0.3) is 0 Å². The van der Waals surface area contributed by atoms with Crippen molar-refractivity contribution in [1.29, 1.82) is 0 Å². The molecule has 0 aliphatic heterocycles. The molecule has 1 fully saturated rings. The number of hydrogen-bond donors (Lipinski definition) is 0. The van der Waals surface area contributed by atoms with Gasteiger partial charge in [0.15, 0.2) is 0 Å². The molecule has 0 amide bonds. The molecule has 104 valence electrons. The van der Waals surface area contributed by atoms with Crippen LogP contribution in [0.2, 0.25) is 0 Å². The molecule has 2 aliphatic carbocycles. The lowest BCUT2D eigenvalue weighted by molar-refractivity contribution is -0.157. The van der Waals surface area contributed by atoms with Crippen molar-refractivity contribution >= 4 is 11.8 Å². The Hall–Kier alpha value is -1.30. The van der Waals surface area contributed by atoms with Gasteiger partial charge in [-0.3, -0.25) is 9.59 Å². The number of ether oxygens (including phenoxy) is 1. The molecule has 0 saturated heterocycles. The predicted molar refractivity (Wildman–Crippen MR) is 72.1 cm³/mol. The van der Waals surface area contributed by atoms with E-state index in [4.69, 9.17) is 4.74 Å². The van der Waals surface area contributed by atoms with Gasteiger partial charge in [0.1, 0.15) is 5.60 Å². The van der Waals surface area contributed by atoms with E-state index in [2.05, 4.69) is 11.8 Å². The number of ketones is 1. The number of rotatable bonds is 2. The molecule has 0 aromatic heterocycles. The van der Waals surface area contributed by atoms with Gasteiger partial charge in [0.05, 0.1) is 5.92 Å². The largest absolute Gasteiger partial charge is 0.460 e. The lowest BCUT2D eigenvalue weighted by atomic mass is 9.76. The Kier molecular flexibility index (Phi) is 3.24. The number of esters is 1. The van der Waals surface area contributed by atoms with Crippen LogP contribution in [0.3, 0.4) is 0 Å². The highest BCUT2D eigenvalue weighted by atomic mass is 16.6. The molecule has 3 nitrogen and oxygen atoms in total. The summed E-state index contributed by atoms with van der Waals surface area (Å²) in [6.45, 7) is 9.68. The fourth-order valence-corrected chi connectivity index (χ4v) is 2.67. The first-order chi connectivity index (χ1) is 8.59. The SMILES string of the molecule is CC1(C)C#CC(=O)[C@@H](C2CC2C(=O)OC(C)(C)C)C1. The van der Waals surface area contributed by atoms with Crippen LogP contribution in [0.5, 0.6) is 0 Å². The summed E-state index contributed by atoms with van der Waals surface area (Å²) in [5.41, 5.74) is -0.584. The van der Waals surface area contributed by atoms with Gasteiger partial charge in [0.2, 0.25) is 5.78 Å². The summed E-state index contributed by atoms with van der Waals surface area (Å²) in [7, 11) is 0. The minimum atomic E-state index is -0.458. The van der Waals surface area contributed by atoms with Gasteiger partial charge in [-0.25, -0.2) is 0 Å². The standard InChI is InChI=1S/C16H22O3/c1-15(2,3)19-14(18)11-8-10(11)12-9-16(4,5)7-6-13(12)17/h10-12H,8-9H2,1-5H3/t10?,11?,12-/m1/s1. The Morgan fingerprint density at radius 2 is 2.00 bits per heavy atom. The van der Waals surface area contributed by atoms with Gasteiger partial charge in [0.25, 0.3) is 0 Å². The van der Waals surface area contributed by atoms with Crippen molar-refractivity contribution in [1.82, 2.24) is 0 Å². The van der Waals surface area contributed by atoms with E-state index in [-0.39, 0.29) is 34.9 Å². The minimum absolute atomic E-state index is 0.00427. The molecule has 0 radical (unpaired) electrons. The fourth-order valence-electron chi connectivity index (χ4n) is 2.67. The molecule has 1 saturated carbocycles. The molecule has 3 atom stereocenters. The van der Waals surface area contributed by atoms with E-state index in [1.807, 2.05) is 34.6 Å². The Morgan fingerprint density at radius 3 is 2.58 bits per heavy atom. The van der Waals surface area contributed by atoms with E-state index in [9.17, 15) is 9.59 Å². The highest BCUT2D eigenvalue weighted by Gasteiger charge is 2.52. The molecule has 3 heteroatoms. The van der Waals surface area contributed by atoms with E-state index in [0.29, 0.717) is 0 Å². The van der Waals surface area contributed by atoms with Crippen LogP contribution in [0.4, 0.5) is 0 Å². The molecule has 2 unspecified atom stereocenters. The summed E-state index contributed by atoms with van der Waals surface area (Å²) >= 11 is 0. The van der Waals surface area contributed by atoms with Crippen LogP contribution < -0.4 is 0 Å². The van der Waals surface area contributed by atoms with Gasteiger partial charge in [-0.05, 0) is 59.3 Å².